The van der Waals surface area contributed by atoms with Gasteiger partial charge in [-0.15, -0.1) is 0 Å². The Labute approximate surface area is 287 Å². The number of para-hydroxylation sites is 1. The number of carboxylic acid groups (broad SMARTS) is 1. The molecule has 4 heterocycles. The molecule has 3 saturated heterocycles. The molecule has 12 heteroatoms. The topological polar surface area (TPSA) is 103 Å². The van der Waals surface area contributed by atoms with Gasteiger partial charge in [-0.25, -0.2) is 9.59 Å². The van der Waals surface area contributed by atoms with Crippen LogP contribution >= 0.6 is 0 Å². The summed E-state index contributed by atoms with van der Waals surface area (Å²) in [6.45, 7) is 9.48. The van der Waals surface area contributed by atoms with Crippen LogP contribution in [0.5, 0.6) is 0 Å². The van der Waals surface area contributed by atoms with Crippen molar-refractivity contribution in [3.63, 3.8) is 0 Å². The van der Waals surface area contributed by atoms with E-state index in [1.807, 2.05) is 42.2 Å². The SMILES string of the molecule is CCCCC1CN(CC2CCCCC2)C(=O)OC12CCN(C1CCN(C(=O)c3cc4ccccc4nc3C)CC1)CC2.O=C(O)C(F)(F)F. The number of aliphatic carboxylic acids is 1. The molecule has 6 rings (SSSR count). The molecule has 3 aliphatic heterocycles. The summed E-state index contributed by atoms with van der Waals surface area (Å²) in [6.07, 6.45) is 8.71. The summed E-state index contributed by atoms with van der Waals surface area (Å²) < 4.78 is 38.2. The van der Waals surface area contributed by atoms with Crippen LogP contribution in [0.1, 0.15) is 100 Å². The summed E-state index contributed by atoms with van der Waals surface area (Å²) in [6, 6.07) is 10.5. The fourth-order valence-corrected chi connectivity index (χ4v) is 8.28. The number of halogens is 3. The summed E-state index contributed by atoms with van der Waals surface area (Å²) in [4.78, 5) is 47.1. The molecule has 1 aromatic heterocycles. The van der Waals surface area contributed by atoms with Crippen LogP contribution in [0, 0.1) is 18.8 Å². The molecular formula is C37H51F3N4O5. The summed E-state index contributed by atoms with van der Waals surface area (Å²) in [5.74, 6) is -1.58. The number of fused-ring (bicyclic) bond motifs is 1. The zero-order valence-electron chi connectivity index (χ0n) is 28.8. The van der Waals surface area contributed by atoms with Gasteiger partial charge in [-0.3, -0.25) is 14.7 Å². The van der Waals surface area contributed by atoms with Crippen LogP contribution in [0.15, 0.2) is 30.3 Å². The lowest BCUT2D eigenvalue weighted by Gasteiger charge is -2.52. The number of hydrogen-bond donors (Lipinski definition) is 1. The number of likely N-dealkylation sites (tertiary alicyclic amines) is 2. The highest BCUT2D eigenvalue weighted by Crippen LogP contribution is 2.42. The van der Waals surface area contributed by atoms with Crippen LogP contribution < -0.4 is 0 Å². The van der Waals surface area contributed by atoms with Crippen molar-refractivity contribution in [1.29, 1.82) is 0 Å². The van der Waals surface area contributed by atoms with E-state index >= 15 is 0 Å². The lowest BCUT2D eigenvalue weighted by molar-refractivity contribution is -0.192. The number of aromatic nitrogens is 1. The fraction of sp³-hybridized carbons (Fsp3) is 0.676. The van der Waals surface area contributed by atoms with Gasteiger partial charge in [-0.2, -0.15) is 13.2 Å². The number of nitrogens with zero attached hydrogens (tertiary/aromatic N) is 4. The van der Waals surface area contributed by atoms with E-state index in [0.29, 0.717) is 17.9 Å². The molecular weight excluding hydrogens is 637 g/mol. The molecule has 1 saturated carbocycles. The van der Waals surface area contributed by atoms with E-state index in [-0.39, 0.29) is 17.6 Å². The Morgan fingerprint density at radius 2 is 1.67 bits per heavy atom. The Hall–Kier alpha value is -3.41. The van der Waals surface area contributed by atoms with E-state index in [9.17, 15) is 22.8 Å². The Morgan fingerprint density at radius 3 is 2.31 bits per heavy atom. The second-order valence-electron chi connectivity index (χ2n) is 14.4. The van der Waals surface area contributed by atoms with E-state index in [2.05, 4.69) is 16.7 Å². The number of aryl methyl sites for hydroxylation is 1. The van der Waals surface area contributed by atoms with Gasteiger partial charge in [0.25, 0.3) is 5.91 Å². The van der Waals surface area contributed by atoms with Crippen LogP contribution in [-0.2, 0) is 9.53 Å². The smallest absolute Gasteiger partial charge is 0.475 e. The largest absolute Gasteiger partial charge is 0.490 e. The predicted molar refractivity (Wildman–Crippen MR) is 180 cm³/mol. The molecule has 0 radical (unpaired) electrons. The Morgan fingerprint density at radius 1 is 1.02 bits per heavy atom. The highest BCUT2D eigenvalue weighted by Gasteiger charge is 2.50. The summed E-state index contributed by atoms with van der Waals surface area (Å²) >= 11 is 0. The molecule has 1 spiro atoms. The van der Waals surface area contributed by atoms with Crippen molar-refractivity contribution in [2.75, 3.05) is 39.3 Å². The minimum atomic E-state index is -5.08. The molecule has 9 nitrogen and oxygen atoms in total. The highest BCUT2D eigenvalue weighted by atomic mass is 19.4. The van der Waals surface area contributed by atoms with Crippen LogP contribution in [0.2, 0.25) is 0 Å². The van der Waals surface area contributed by atoms with Crippen LogP contribution in [0.4, 0.5) is 18.0 Å². The van der Waals surface area contributed by atoms with E-state index in [1.54, 1.807) is 0 Å². The van der Waals surface area contributed by atoms with Crippen molar-refractivity contribution in [2.45, 2.75) is 109 Å². The van der Waals surface area contributed by atoms with Gasteiger partial charge in [0, 0.05) is 69.5 Å². The lowest BCUT2D eigenvalue weighted by Crippen LogP contribution is -2.61. The molecule has 1 aliphatic carbocycles. The number of pyridine rings is 1. The van der Waals surface area contributed by atoms with Gasteiger partial charge in [0.15, 0.2) is 0 Å². The summed E-state index contributed by atoms with van der Waals surface area (Å²) in [7, 11) is 0. The van der Waals surface area contributed by atoms with Crippen molar-refractivity contribution in [1.82, 2.24) is 19.7 Å². The summed E-state index contributed by atoms with van der Waals surface area (Å²) in [5.41, 5.74) is 2.16. The number of carboxylic acids is 1. The number of piperidine rings is 2. The van der Waals surface area contributed by atoms with E-state index in [1.165, 1.54) is 44.9 Å². The third-order valence-electron chi connectivity index (χ3n) is 11.1. The molecule has 4 aliphatic rings. The third-order valence-corrected chi connectivity index (χ3v) is 11.1. The zero-order chi connectivity index (χ0) is 35.2. The molecule has 1 aromatic carbocycles. The Balaban J connectivity index is 0.000000606. The first kappa shape index (κ1) is 36.9. The van der Waals surface area contributed by atoms with E-state index < -0.39 is 12.1 Å². The van der Waals surface area contributed by atoms with E-state index in [0.717, 1.165) is 93.5 Å². The number of rotatable bonds is 7. The first-order valence-electron chi connectivity index (χ1n) is 18.1. The summed E-state index contributed by atoms with van der Waals surface area (Å²) in [5, 5.41) is 8.14. The molecule has 2 amide bonds. The maximum atomic E-state index is 13.5. The highest BCUT2D eigenvalue weighted by molar-refractivity contribution is 5.98. The van der Waals surface area contributed by atoms with Gasteiger partial charge in [-0.05, 0) is 57.1 Å². The van der Waals surface area contributed by atoms with Gasteiger partial charge in [0.1, 0.15) is 5.60 Å². The number of hydrogen-bond acceptors (Lipinski definition) is 6. The van der Waals surface area contributed by atoms with Gasteiger partial charge >= 0.3 is 18.2 Å². The molecule has 2 aromatic rings. The van der Waals surface area contributed by atoms with Gasteiger partial charge < -0.3 is 19.6 Å². The number of benzene rings is 1. The molecule has 1 unspecified atom stereocenters. The van der Waals surface area contributed by atoms with Gasteiger partial charge in [-0.1, -0.05) is 57.2 Å². The lowest BCUT2D eigenvalue weighted by atomic mass is 9.75. The average molecular weight is 689 g/mol. The third kappa shape index (κ3) is 9.04. The van der Waals surface area contributed by atoms with Crippen molar-refractivity contribution >= 4 is 28.9 Å². The zero-order valence-corrected chi connectivity index (χ0v) is 28.8. The van der Waals surface area contributed by atoms with Gasteiger partial charge in [0.05, 0.1) is 16.8 Å². The second-order valence-corrected chi connectivity index (χ2v) is 14.4. The standard InChI is InChI=1S/C35H50N4O3.C2HF3O2/c1-3-4-13-29-25-39(24-27-10-6-5-7-11-27)34(41)42-35(29)17-21-37(22-18-35)30-15-19-38(20-16-30)33(40)31-23-28-12-8-9-14-32(28)36-26(31)2;3-2(4,5)1(6)7/h8-9,12,14,23,27,29-30H,3-7,10-11,13,15-22,24-25H2,1-2H3;(H,6,7). The number of ether oxygens (including phenoxy) is 1. The van der Waals surface area contributed by atoms with E-state index in [4.69, 9.17) is 19.6 Å². The van der Waals surface area contributed by atoms with Crippen molar-refractivity contribution in [2.24, 2.45) is 11.8 Å². The number of alkyl halides is 3. The van der Waals surface area contributed by atoms with Crippen LogP contribution in [0.3, 0.4) is 0 Å². The predicted octanol–water partition coefficient (Wildman–Crippen LogP) is 7.45. The number of unbranched alkanes of at least 4 members (excludes halogenated alkanes) is 1. The minimum Gasteiger partial charge on any atom is -0.475 e. The second kappa shape index (κ2) is 16.1. The number of carbonyl (C=O) groups is 3. The maximum absolute atomic E-state index is 13.5. The minimum absolute atomic E-state index is 0.0629. The monoisotopic (exact) mass is 688 g/mol. The fourth-order valence-electron chi connectivity index (χ4n) is 8.28. The molecule has 270 valence electrons. The molecule has 49 heavy (non-hydrogen) atoms. The first-order chi connectivity index (χ1) is 23.4. The molecule has 4 fully saturated rings. The number of carbonyl (C=O) groups excluding carboxylic acids is 2. The number of amides is 2. The Bertz CT molecular complexity index is 1450. The van der Waals surface area contributed by atoms with Crippen molar-refractivity contribution in [3.05, 3.63) is 41.6 Å². The first-order valence-corrected chi connectivity index (χ1v) is 18.1. The van der Waals surface area contributed by atoms with Gasteiger partial charge in [0.2, 0.25) is 0 Å². The average Bonchev–Trinajstić information content (AvgIpc) is 3.09. The van der Waals surface area contributed by atoms with Crippen molar-refractivity contribution < 1.29 is 37.4 Å². The quantitative estimate of drug-likeness (QED) is 0.322. The molecule has 1 N–H and O–H groups in total. The van der Waals surface area contributed by atoms with Crippen LogP contribution in [0.25, 0.3) is 10.9 Å². The van der Waals surface area contributed by atoms with Crippen molar-refractivity contribution in [3.8, 4) is 0 Å². The molecule has 0 bridgehead atoms. The maximum Gasteiger partial charge on any atom is 0.490 e. The normalized spacial score (nSPS) is 22.5. The Kier molecular flexibility index (Phi) is 12.1. The van der Waals surface area contributed by atoms with Crippen LogP contribution in [-0.4, -0.2) is 99.8 Å². The molecule has 1 atom stereocenters.